The van der Waals surface area contributed by atoms with Crippen molar-refractivity contribution < 1.29 is 15.6 Å². The van der Waals surface area contributed by atoms with Gasteiger partial charge < -0.3 is 0 Å². The summed E-state index contributed by atoms with van der Waals surface area (Å²) in [5.74, 6) is -1.09. The Morgan fingerprint density at radius 3 is 1.51 bits per heavy atom. The Labute approximate surface area is 317 Å². The van der Waals surface area contributed by atoms with Gasteiger partial charge >= 0.3 is 320 Å². The Bertz CT molecular complexity index is 2010. The Hall–Kier alpha value is -1.96. The Balaban J connectivity index is 1.41. The molecule has 0 bridgehead atoms. The third kappa shape index (κ3) is 6.31. The van der Waals surface area contributed by atoms with Crippen LogP contribution < -0.4 is 0 Å². The molecular weight excluding hydrogens is 755 g/mol. The molecule has 4 heteroatoms. The van der Waals surface area contributed by atoms with E-state index in [9.17, 15) is 0 Å². The van der Waals surface area contributed by atoms with Crippen molar-refractivity contribution >= 4 is 35.1 Å². The van der Waals surface area contributed by atoms with E-state index in [2.05, 4.69) is 159 Å². The molecule has 267 valence electrons. The van der Waals surface area contributed by atoms with Crippen molar-refractivity contribution in [1.82, 2.24) is 0 Å². The molecule has 51 heavy (non-hydrogen) atoms. The van der Waals surface area contributed by atoms with Gasteiger partial charge in [0.05, 0.1) is 0 Å². The molecule has 0 spiro atoms. The molecule has 7 rings (SSSR count). The fourth-order valence-electron chi connectivity index (χ4n) is 9.71. The van der Waals surface area contributed by atoms with Gasteiger partial charge in [0.25, 0.3) is 0 Å². The van der Waals surface area contributed by atoms with E-state index in [4.69, 9.17) is 17.0 Å². The average molecular weight is 812 g/mol. The quantitative estimate of drug-likeness (QED) is 0.163. The second kappa shape index (κ2) is 13.4. The SMILES string of the molecule is CCC1=Cc2c(-c3ccc(C(C)(C)C)cc3)cccc2[CH]1[Zr]([Cl])([Cl])([CH]1C(C2CCCC2)=Cc2c(-c3ccc(C(C)(C)C)cc3)cccc21)[SiH](C)C. The third-order valence-corrected chi connectivity index (χ3v) is 64.6. The van der Waals surface area contributed by atoms with Crippen LogP contribution in [0.4, 0.5) is 0 Å². The van der Waals surface area contributed by atoms with Crippen LogP contribution in [0.15, 0.2) is 96.1 Å². The number of rotatable bonds is 7. The summed E-state index contributed by atoms with van der Waals surface area (Å²) in [7, 11) is 17.7. The molecule has 2 atom stereocenters. The number of hydrogen-bond acceptors (Lipinski definition) is 0. The number of hydrogen-bond donors (Lipinski definition) is 0. The molecule has 4 aromatic carbocycles. The summed E-state index contributed by atoms with van der Waals surface area (Å²) in [5.41, 5.74) is 16.7. The van der Waals surface area contributed by atoms with Gasteiger partial charge in [0.15, 0.2) is 0 Å². The summed E-state index contributed by atoms with van der Waals surface area (Å²) in [6, 6.07) is 32.5. The molecule has 2 unspecified atom stereocenters. The van der Waals surface area contributed by atoms with E-state index in [0.717, 1.165) is 6.42 Å². The van der Waals surface area contributed by atoms with E-state index in [-0.39, 0.29) is 18.1 Å². The van der Waals surface area contributed by atoms with Crippen molar-refractivity contribution in [3.63, 3.8) is 0 Å². The fraction of sp³-hybridized carbons (Fsp3) is 0.404. The van der Waals surface area contributed by atoms with Crippen molar-refractivity contribution in [3.8, 4) is 22.3 Å². The number of benzene rings is 4. The van der Waals surface area contributed by atoms with E-state index < -0.39 is 21.5 Å². The molecule has 4 aromatic rings. The molecule has 1 fully saturated rings. The topological polar surface area (TPSA) is 0 Å². The van der Waals surface area contributed by atoms with Crippen LogP contribution in [-0.4, -0.2) is 5.92 Å². The third-order valence-electron chi connectivity index (χ3n) is 12.8. The Morgan fingerprint density at radius 2 is 1.08 bits per heavy atom. The van der Waals surface area contributed by atoms with Gasteiger partial charge in [0.2, 0.25) is 0 Å². The molecule has 0 N–H and O–H groups in total. The summed E-state index contributed by atoms with van der Waals surface area (Å²) in [6.45, 7) is 21.0. The van der Waals surface area contributed by atoms with Gasteiger partial charge in [0, 0.05) is 0 Å². The second-order valence-corrected chi connectivity index (χ2v) is 60.7. The number of halogens is 2. The maximum absolute atomic E-state index is 8.84. The van der Waals surface area contributed by atoms with Crippen LogP contribution in [0.5, 0.6) is 0 Å². The molecule has 0 nitrogen and oxygen atoms in total. The van der Waals surface area contributed by atoms with E-state index >= 15 is 0 Å². The van der Waals surface area contributed by atoms with Crippen molar-refractivity contribution in [2.45, 2.75) is 112 Å². The predicted molar refractivity (Wildman–Crippen MR) is 225 cm³/mol. The summed E-state index contributed by atoms with van der Waals surface area (Å²) >= 11 is -4.88. The molecular formula is C47H57Cl2SiZr. The molecule has 3 aliphatic carbocycles. The van der Waals surface area contributed by atoms with Crippen LogP contribution in [0, 0.1) is 5.92 Å². The summed E-state index contributed by atoms with van der Waals surface area (Å²) in [5, 5.41) is 0. The summed E-state index contributed by atoms with van der Waals surface area (Å²) in [4.78, 5) is 0. The molecule has 0 aromatic heterocycles. The molecule has 3 aliphatic rings. The fourth-order valence-corrected chi connectivity index (χ4v) is 41.1. The predicted octanol–water partition coefficient (Wildman–Crippen LogP) is 14.8. The molecule has 0 aliphatic heterocycles. The van der Waals surface area contributed by atoms with Crippen molar-refractivity contribution in [2.24, 2.45) is 5.92 Å². The Morgan fingerprint density at radius 1 is 0.627 bits per heavy atom. The van der Waals surface area contributed by atoms with E-state index in [1.807, 2.05) is 0 Å². The van der Waals surface area contributed by atoms with Gasteiger partial charge in [-0.2, -0.15) is 0 Å². The molecule has 0 saturated heterocycles. The van der Waals surface area contributed by atoms with Gasteiger partial charge in [-0.3, -0.25) is 0 Å². The molecule has 0 heterocycles. The first-order valence-corrected chi connectivity index (χ1v) is 35.8. The minimum atomic E-state index is -4.88. The van der Waals surface area contributed by atoms with E-state index in [1.54, 1.807) is 5.57 Å². The van der Waals surface area contributed by atoms with Gasteiger partial charge in [-0.1, -0.05) is 0 Å². The number of allylic oxidation sites excluding steroid dienone is 2. The maximum atomic E-state index is 8.84. The van der Waals surface area contributed by atoms with Gasteiger partial charge in [-0.25, -0.2) is 0 Å². The standard InChI is InChI=1S/C24H27.C21H23.C2H7Si.2ClH.Zr/c1-24(2,3)21-13-11-18(12-14-21)22-10-6-9-19-15-20(16-23(19)22)17-7-4-5-8-17;1-5-15-13-17-7-6-8-19(20(17)14-15)16-9-11-18(12-10-16)21(2,3)4;1-3-2;;;/h6,9-17H,4-5,7-8H2,1-3H3;6-14H,5H2,1-4H3;3H,1-2H3;2*1H;/q;;;;;+2/p-2. The normalized spacial score (nSPS) is 20.2. The van der Waals surface area contributed by atoms with Crippen molar-refractivity contribution in [2.75, 3.05) is 0 Å². The van der Waals surface area contributed by atoms with Crippen LogP contribution >= 0.6 is 17.0 Å². The van der Waals surface area contributed by atoms with Gasteiger partial charge in [-0.15, -0.1) is 0 Å². The van der Waals surface area contributed by atoms with Crippen LogP contribution in [0.2, 0.25) is 13.1 Å². The zero-order valence-corrected chi connectivity index (χ0v) is 37.5. The first kappa shape index (κ1) is 37.4. The van der Waals surface area contributed by atoms with E-state index in [0.29, 0.717) is 5.92 Å². The van der Waals surface area contributed by atoms with E-state index in [1.165, 1.54) is 86.9 Å². The molecule has 1 saturated carbocycles. The zero-order chi connectivity index (χ0) is 36.5. The summed E-state index contributed by atoms with van der Waals surface area (Å²) < 4.78 is 0.250. The molecule has 0 amide bonds. The summed E-state index contributed by atoms with van der Waals surface area (Å²) in [6.07, 6.45) is 11.2. The van der Waals surface area contributed by atoms with Crippen LogP contribution in [0.1, 0.15) is 121 Å². The van der Waals surface area contributed by atoms with Crippen LogP contribution in [0.3, 0.4) is 0 Å². The van der Waals surface area contributed by atoms with Gasteiger partial charge in [-0.05, 0) is 0 Å². The number of fused-ring (bicyclic) bond motifs is 2. The zero-order valence-electron chi connectivity index (χ0n) is 32.3. The Kier molecular flexibility index (Phi) is 9.82. The average Bonchev–Trinajstić information content (AvgIpc) is 3.85. The first-order chi connectivity index (χ1) is 24.0. The monoisotopic (exact) mass is 809 g/mol. The minimum absolute atomic E-state index is 0.116. The van der Waals surface area contributed by atoms with Crippen molar-refractivity contribution in [1.29, 1.82) is 0 Å². The molecule has 0 radical (unpaired) electrons. The first-order valence-electron chi connectivity index (χ1n) is 19.5. The van der Waals surface area contributed by atoms with Gasteiger partial charge in [0.1, 0.15) is 0 Å². The van der Waals surface area contributed by atoms with Crippen molar-refractivity contribution in [3.05, 3.63) is 129 Å². The van der Waals surface area contributed by atoms with Crippen LogP contribution in [0.25, 0.3) is 34.4 Å². The second-order valence-electron chi connectivity index (χ2n) is 18.2. The van der Waals surface area contributed by atoms with Crippen LogP contribution in [-0.2, 0) is 26.4 Å².